The van der Waals surface area contributed by atoms with E-state index in [4.69, 9.17) is 0 Å². The van der Waals surface area contributed by atoms with Crippen molar-refractivity contribution in [3.8, 4) is 11.5 Å². The third-order valence-corrected chi connectivity index (χ3v) is 3.54. The maximum atomic E-state index is 11.7. The van der Waals surface area contributed by atoms with Gasteiger partial charge < -0.3 is 15.1 Å². The van der Waals surface area contributed by atoms with Gasteiger partial charge in [0.1, 0.15) is 0 Å². The van der Waals surface area contributed by atoms with Crippen molar-refractivity contribution in [2.24, 2.45) is 5.10 Å². The number of aromatic hydroxyl groups is 2. The van der Waals surface area contributed by atoms with Gasteiger partial charge in [-0.05, 0) is 38.1 Å². The molecule has 0 radical (unpaired) electrons. The molecular formula is C15H21N3O3. The molecule has 0 unspecified atom stereocenters. The van der Waals surface area contributed by atoms with Crippen molar-refractivity contribution in [1.82, 2.24) is 10.3 Å². The van der Waals surface area contributed by atoms with E-state index in [0.717, 1.165) is 19.6 Å². The summed E-state index contributed by atoms with van der Waals surface area (Å²) in [4.78, 5) is 13.9. The molecule has 0 aromatic heterocycles. The Hall–Kier alpha value is -2.08. The van der Waals surface area contributed by atoms with Gasteiger partial charge in [-0.25, -0.2) is 5.43 Å². The highest BCUT2D eigenvalue weighted by molar-refractivity contribution is 5.86. The van der Waals surface area contributed by atoms with Crippen LogP contribution in [0.2, 0.25) is 0 Å². The Labute approximate surface area is 124 Å². The monoisotopic (exact) mass is 291 g/mol. The maximum absolute atomic E-state index is 11.7. The summed E-state index contributed by atoms with van der Waals surface area (Å²) in [6.45, 7) is 2.88. The van der Waals surface area contributed by atoms with E-state index in [2.05, 4.69) is 15.4 Å². The fourth-order valence-electron chi connectivity index (χ4n) is 2.33. The van der Waals surface area contributed by atoms with Gasteiger partial charge in [0.2, 0.25) is 5.91 Å². The highest BCUT2D eigenvalue weighted by Crippen LogP contribution is 2.26. The Morgan fingerprint density at radius 1 is 1.29 bits per heavy atom. The van der Waals surface area contributed by atoms with Gasteiger partial charge in [0.15, 0.2) is 11.5 Å². The van der Waals surface area contributed by atoms with E-state index in [-0.39, 0.29) is 17.4 Å². The molecule has 3 N–H and O–H groups in total. The molecule has 1 heterocycles. The third kappa shape index (κ3) is 4.75. The summed E-state index contributed by atoms with van der Waals surface area (Å²) in [5.41, 5.74) is 2.78. The van der Waals surface area contributed by atoms with Crippen molar-refractivity contribution in [1.29, 1.82) is 0 Å². The van der Waals surface area contributed by atoms with Crippen LogP contribution < -0.4 is 5.43 Å². The highest BCUT2D eigenvalue weighted by atomic mass is 16.3. The molecule has 1 amide bonds. The highest BCUT2D eigenvalue weighted by Gasteiger charge is 2.11. The molecule has 1 aromatic carbocycles. The molecule has 1 saturated heterocycles. The first-order valence-electron chi connectivity index (χ1n) is 7.22. The molecule has 0 saturated carbocycles. The fraction of sp³-hybridized carbons (Fsp3) is 0.467. The number of phenolic OH excluding ortho intramolecular Hbond substituents is 2. The lowest BCUT2D eigenvalue weighted by Gasteiger charge is -2.25. The summed E-state index contributed by atoms with van der Waals surface area (Å²) in [6.07, 6.45) is 5.41. The average Bonchev–Trinajstić information content (AvgIpc) is 2.50. The second kappa shape index (κ2) is 7.64. The van der Waals surface area contributed by atoms with Gasteiger partial charge in [-0.15, -0.1) is 0 Å². The number of carbonyl (C=O) groups is 1. The summed E-state index contributed by atoms with van der Waals surface area (Å²) in [5.74, 6) is -0.615. The second-order valence-electron chi connectivity index (χ2n) is 5.16. The Bertz CT molecular complexity index is 511. The van der Waals surface area contributed by atoms with E-state index < -0.39 is 0 Å². The Balaban J connectivity index is 1.75. The van der Waals surface area contributed by atoms with Crippen LogP contribution in [0.1, 0.15) is 31.2 Å². The molecule has 0 bridgehead atoms. The summed E-state index contributed by atoms with van der Waals surface area (Å²) in [6, 6.07) is 4.57. The van der Waals surface area contributed by atoms with Crippen molar-refractivity contribution in [3.05, 3.63) is 23.8 Å². The maximum Gasteiger partial charge on any atom is 0.241 e. The quantitative estimate of drug-likeness (QED) is 0.435. The van der Waals surface area contributed by atoms with Gasteiger partial charge in [-0.1, -0.05) is 12.5 Å². The Morgan fingerprint density at radius 3 is 2.81 bits per heavy atom. The SMILES string of the molecule is O=C(CCN1CCCCC1)N/N=C/c1cccc(O)c1O. The molecule has 6 nitrogen and oxygen atoms in total. The molecule has 6 heteroatoms. The van der Waals surface area contributed by atoms with Crippen LogP contribution in [0.4, 0.5) is 0 Å². The van der Waals surface area contributed by atoms with Gasteiger partial charge in [0.05, 0.1) is 6.21 Å². The van der Waals surface area contributed by atoms with Crippen LogP contribution in [0.15, 0.2) is 23.3 Å². The number of nitrogens with one attached hydrogen (secondary N) is 1. The van der Waals surface area contributed by atoms with Crippen LogP contribution in [0, 0.1) is 0 Å². The number of hydrogen-bond donors (Lipinski definition) is 3. The zero-order chi connectivity index (χ0) is 15.1. The van der Waals surface area contributed by atoms with Crippen molar-refractivity contribution >= 4 is 12.1 Å². The number of phenols is 2. The van der Waals surface area contributed by atoms with E-state index >= 15 is 0 Å². The number of carbonyl (C=O) groups excluding carboxylic acids is 1. The second-order valence-corrected chi connectivity index (χ2v) is 5.16. The van der Waals surface area contributed by atoms with Crippen molar-refractivity contribution in [2.45, 2.75) is 25.7 Å². The van der Waals surface area contributed by atoms with Crippen molar-refractivity contribution in [2.75, 3.05) is 19.6 Å². The first-order valence-corrected chi connectivity index (χ1v) is 7.22. The van der Waals surface area contributed by atoms with E-state index in [1.54, 1.807) is 12.1 Å². The number of hydrogen-bond acceptors (Lipinski definition) is 5. The minimum absolute atomic E-state index is 0.156. The standard InChI is InChI=1S/C15H21N3O3/c19-13-6-4-5-12(15(13)21)11-16-17-14(20)7-10-18-8-2-1-3-9-18/h4-6,11,19,21H,1-3,7-10H2,(H,17,20)/b16-11+. The largest absolute Gasteiger partial charge is 0.504 e. The molecular weight excluding hydrogens is 270 g/mol. The number of piperidine rings is 1. The molecule has 1 aromatic rings. The zero-order valence-corrected chi connectivity index (χ0v) is 12.0. The van der Waals surface area contributed by atoms with Gasteiger partial charge in [-0.2, -0.15) is 5.10 Å². The van der Waals surface area contributed by atoms with Crippen LogP contribution in [-0.4, -0.2) is 46.9 Å². The number of para-hydroxylation sites is 1. The lowest BCUT2D eigenvalue weighted by atomic mass is 10.1. The van der Waals surface area contributed by atoms with Crippen LogP contribution in [-0.2, 0) is 4.79 Å². The molecule has 1 fully saturated rings. The van der Waals surface area contributed by atoms with E-state index in [1.807, 2.05) is 0 Å². The predicted octanol–water partition coefficient (Wildman–Crippen LogP) is 1.42. The number of likely N-dealkylation sites (tertiary alicyclic amines) is 1. The topological polar surface area (TPSA) is 85.2 Å². The lowest BCUT2D eigenvalue weighted by Crippen LogP contribution is -2.33. The molecule has 0 aliphatic carbocycles. The minimum atomic E-state index is -0.246. The zero-order valence-electron chi connectivity index (χ0n) is 12.0. The number of amides is 1. The van der Waals surface area contributed by atoms with Crippen LogP contribution >= 0.6 is 0 Å². The molecule has 0 atom stereocenters. The summed E-state index contributed by atoms with van der Waals surface area (Å²) in [5, 5.41) is 22.7. The first-order chi connectivity index (χ1) is 10.2. The van der Waals surface area contributed by atoms with Crippen LogP contribution in [0.5, 0.6) is 11.5 Å². The van der Waals surface area contributed by atoms with E-state index in [0.29, 0.717) is 12.0 Å². The van der Waals surface area contributed by atoms with E-state index in [1.165, 1.54) is 31.5 Å². The fourth-order valence-corrected chi connectivity index (χ4v) is 2.33. The van der Waals surface area contributed by atoms with Crippen LogP contribution in [0.3, 0.4) is 0 Å². The predicted molar refractivity (Wildman–Crippen MR) is 80.4 cm³/mol. The molecule has 1 aliphatic heterocycles. The smallest absolute Gasteiger partial charge is 0.241 e. The third-order valence-electron chi connectivity index (χ3n) is 3.54. The molecule has 0 spiro atoms. The summed E-state index contributed by atoms with van der Waals surface area (Å²) in [7, 11) is 0. The van der Waals surface area contributed by atoms with Crippen molar-refractivity contribution in [3.63, 3.8) is 0 Å². The normalized spacial score (nSPS) is 16.2. The van der Waals surface area contributed by atoms with Gasteiger partial charge >= 0.3 is 0 Å². The molecule has 114 valence electrons. The number of nitrogens with zero attached hydrogens (tertiary/aromatic N) is 2. The number of rotatable bonds is 5. The van der Waals surface area contributed by atoms with Crippen molar-refractivity contribution < 1.29 is 15.0 Å². The summed E-state index contributed by atoms with van der Waals surface area (Å²) >= 11 is 0. The Kier molecular flexibility index (Phi) is 5.57. The van der Waals surface area contributed by atoms with Gasteiger partial charge in [0.25, 0.3) is 0 Å². The molecule has 2 rings (SSSR count). The lowest BCUT2D eigenvalue weighted by molar-refractivity contribution is -0.121. The summed E-state index contributed by atoms with van der Waals surface area (Å²) < 4.78 is 0. The minimum Gasteiger partial charge on any atom is -0.504 e. The number of benzene rings is 1. The molecule has 21 heavy (non-hydrogen) atoms. The number of hydrazone groups is 1. The van der Waals surface area contributed by atoms with Crippen LogP contribution in [0.25, 0.3) is 0 Å². The average molecular weight is 291 g/mol. The molecule has 1 aliphatic rings. The Morgan fingerprint density at radius 2 is 2.05 bits per heavy atom. The first kappa shape index (κ1) is 15.3. The van der Waals surface area contributed by atoms with E-state index in [9.17, 15) is 15.0 Å². The van der Waals surface area contributed by atoms with Gasteiger partial charge in [-0.3, -0.25) is 4.79 Å². The van der Waals surface area contributed by atoms with Gasteiger partial charge in [0, 0.05) is 18.5 Å².